The predicted molar refractivity (Wildman–Crippen MR) is 84.6 cm³/mol. The SMILES string of the molecule is COc1ccc(CN)c(Sc2ccc(S(C)(=O)=O)cc2)c1. The molecule has 0 amide bonds. The molecule has 0 bridgehead atoms. The van der Waals surface area contributed by atoms with Crippen LogP contribution in [-0.2, 0) is 16.4 Å². The van der Waals surface area contributed by atoms with E-state index in [0.29, 0.717) is 11.4 Å². The standard InChI is InChI=1S/C15H17NO3S2/c1-19-12-4-3-11(10-16)15(9-12)20-13-5-7-14(8-6-13)21(2,17)18/h3-9H,10,16H2,1-2H3. The average molecular weight is 323 g/mol. The third kappa shape index (κ3) is 4.00. The summed E-state index contributed by atoms with van der Waals surface area (Å²) in [4.78, 5) is 2.27. The van der Waals surface area contributed by atoms with Gasteiger partial charge in [0, 0.05) is 22.6 Å². The summed E-state index contributed by atoms with van der Waals surface area (Å²) in [5.41, 5.74) is 6.76. The third-order valence-corrected chi connectivity index (χ3v) is 5.21. The van der Waals surface area contributed by atoms with E-state index in [1.165, 1.54) is 18.0 Å². The molecule has 112 valence electrons. The van der Waals surface area contributed by atoms with E-state index in [2.05, 4.69) is 0 Å². The van der Waals surface area contributed by atoms with Gasteiger partial charge in [-0.15, -0.1) is 0 Å². The lowest BCUT2D eigenvalue weighted by Gasteiger charge is -2.10. The van der Waals surface area contributed by atoms with Crippen LogP contribution in [0.3, 0.4) is 0 Å². The van der Waals surface area contributed by atoms with E-state index in [1.807, 2.05) is 18.2 Å². The van der Waals surface area contributed by atoms with E-state index in [-0.39, 0.29) is 0 Å². The Bertz CT molecular complexity index is 725. The lowest BCUT2D eigenvalue weighted by molar-refractivity contribution is 0.413. The van der Waals surface area contributed by atoms with Gasteiger partial charge in [0.15, 0.2) is 9.84 Å². The minimum atomic E-state index is -3.17. The van der Waals surface area contributed by atoms with Gasteiger partial charge in [-0.25, -0.2) is 8.42 Å². The number of ether oxygens (including phenoxy) is 1. The predicted octanol–water partition coefficient (Wildman–Crippen LogP) is 2.71. The molecule has 0 fully saturated rings. The van der Waals surface area contributed by atoms with Crippen LogP contribution >= 0.6 is 11.8 Å². The molecule has 0 aliphatic rings. The van der Waals surface area contributed by atoms with Crippen LogP contribution in [0, 0.1) is 0 Å². The molecule has 6 heteroatoms. The summed E-state index contributed by atoms with van der Waals surface area (Å²) in [6.07, 6.45) is 1.20. The zero-order valence-corrected chi connectivity index (χ0v) is 13.5. The molecular formula is C15H17NO3S2. The van der Waals surface area contributed by atoms with Crippen LogP contribution in [0.2, 0.25) is 0 Å². The molecule has 0 saturated heterocycles. The van der Waals surface area contributed by atoms with Crippen molar-refractivity contribution in [3.8, 4) is 5.75 Å². The van der Waals surface area contributed by atoms with Gasteiger partial charge in [0.1, 0.15) is 5.75 Å². The van der Waals surface area contributed by atoms with Gasteiger partial charge in [-0.3, -0.25) is 0 Å². The summed E-state index contributed by atoms with van der Waals surface area (Å²) in [6, 6.07) is 12.5. The highest BCUT2D eigenvalue weighted by molar-refractivity contribution is 7.99. The second-order valence-electron chi connectivity index (χ2n) is 4.52. The first kappa shape index (κ1) is 15.9. The number of sulfone groups is 1. The smallest absolute Gasteiger partial charge is 0.175 e. The monoisotopic (exact) mass is 323 g/mol. The quantitative estimate of drug-likeness (QED) is 0.916. The molecule has 0 aliphatic carbocycles. The zero-order valence-electron chi connectivity index (χ0n) is 11.9. The first-order valence-electron chi connectivity index (χ1n) is 6.29. The third-order valence-electron chi connectivity index (χ3n) is 2.97. The maximum absolute atomic E-state index is 11.4. The van der Waals surface area contributed by atoms with Crippen LogP contribution in [0.1, 0.15) is 5.56 Å². The fraction of sp³-hybridized carbons (Fsp3) is 0.200. The summed E-state index contributed by atoms with van der Waals surface area (Å²) in [7, 11) is -1.55. The maximum Gasteiger partial charge on any atom is 0.175 e. The maximum atomic E-state index is 11.4. The Morgan fingerprint density at radius 1 is 1.14 bits per heavy atom. The lowest BCUT2D eigenvalue weighted by atomic mass is 10.2. The van der Waals surface area contributed by atoms with Crippen LogP contribution in [-0.4, -0.2) is 21.8 Å². The molecule has 0 saturated carbocycles. The normalized spacial score (nSPS) is 11.4. The number of hydrogen-bond acceptors (Lipinski definition) is 5. The van der Waals surface area contributed by atoms with Gasteiger partial charge in [-0.1, -0.05) is 17.8 Å². The van der Waals surface area contributed by atoms with E-state index in [4.69, 9.17) is 10.5 Å². The van der Waals surface area contributed by atoms with Gasteiger partial charge in [0.2, 0.25) is 0 Å². The average Bonchev–Trinajstić information content (AvgIpc) is 2.46. The Labute approximate surface area is 129 Å². The van der Waals surface area contributed by atoms with E-state index in [9.17, 15) is 8.42 Å². The van der Waals surface area contributed by atoms with Gasteiger partial charge in [0.25, 0.3) is 0 Å². The van der Waals surface area contributed by atoms with Crippen LogP contribution in [0.15, 0.2) is 57.2 Å². The summed E-state index contributed by atoms with van der Waals surface area (Å²) in [5, 5.41) is 0. The van der Waals surface area contributed by atoms with E-state index >= 15 is 0 Å². The molecule has 2 aromatic rings. The summed E-state index contributed by atoms with van der Waals surface area (Å²) in [6.45, 7) is 0.438. The molecule has 0 spiro atoms. The first-order valence-corrected chi connectivity index (χ1v) is 9.00. The second kappa shape index (κ2) is 6.51. The van der Waals surface area contributed by atoms with Gasteiger partial charge in [0.05, 0.1) is 12.0 Å². The Kier molecular flexibility index (Phi) is 4.92. The van der Waals surface area contributed by atoms with Crippen molar-refractivity contribution in [1.29, 1.82) is 0 Å². The lowest BCUT2D eigenvalue weighted by Crippen LogP contribution is -1.99. The summed E-state index contributed by atoms with van der Waals surface area (Å²) >= 11 is 1.53. The van der Waals surface area contributed by atoms with Crippen molar-refractivity contribution in [3.63, 3.8) is 0 Å². The van der Waals surface area contributed by atoms with Crippen LogP contribution in [0.5, 0.6) is 5.75 Å². The van der Waals surface area contributed by atoms with Crippen molar-refractivity contribution < 1.29 is 13.2 Å². The topological polar surface area (TPSA) is 69.4 Å². The van der Waals surface area contributed by atoms with Crippen molar-refractivity contribution in [2.75, 3.05) is 13.4 Å². The number of benzene rings is 2. The van der Waals surface area contributed by atoms with Crippen molar-refractivity contribution in [2.24, 2.45) is 5.73 Å². The van der Waals surface area contributed by atoms with Crippen LogP contribution < -0.4 is 10.5 Å². The molecule has 0 aromatic heterocycles. The van der Waals surface area contributed by atoms with Crippen molar-refractivity contribution in [3.05, 3.63) is 48.0 Å². The molecule has 0 aliphatic heterocycles. The Morgan fingerprint density at radius 2 is 1.81 bits per heavy atom. The Hall–Kier alpha value is -1.50. The minimum Gasteiger partial charge on any atom is -0.497 e. The largest absolute Gasteiger partial charge is 0.497 e. The van der Waals surface area contributed by atoms with E-state index in [1.54, 1.807) is 31.4 Å². The minimum absolute atomic E-state index is 0.316. The fourth-order valence-electron chi connectivity index (χ4n) is 1.81. The van der Waals surface area contributed by atoms with Crippen molar-refractivity contribution >= 4 is 21.6 Å². The van der Waals surface area contributed by atoms with Crippen LogP contribution in [0.25, 0.3) is 0 Å². The van der Waals surface area contributed by atoms with Gasteiger partial charge in [-0.05, 0) is 42.0 Å². The molecule has 0 unspecified atom stereocenters. The van der Waals surface area contributed by atoms with Crippen LogP contribution in [0.4, 0.5) is 0 Å². The Balaban J connectivity index is 2.29. The van der Waals surface area contributed by atoms with Gasteiger partial charge in [-0.2, -0.15) is 0 Å². The van der Waals surface area contributed by atoms with Crippen molar-refractivity contribution in [2.45, 2.75) is 21.2 Å². The number of hydrogen-bond donors (Lipinski definition) is 1. The molecule has 2 rings (SSSR count). The molecule has 2 aromatic carbocycles. The fourth-order valence-corrected chi connectivity index (χ4v) is 3.42. The first-order chi connectivity index (χ1) is 9.94. The molecular weight excluding hydrogens is 306 g/mol. The molecule has 2 N–H and O–H groups in total. The molecule has 21 heavy (non-hydrogen) atoms. The molecule has 0 radical (unpaired) electrons. The number of methoxy groups -OCH3 is 1. The van der Waals surface area contributed by atoms with Gasteiger partial charge >= 0.3 is 0 Å². The van der Waals surface area contributed by atoms with E-state index in [0.717, 1.165) is 21.1 Å². The summed E-state index contributed by atoms with van der Waals surface area (Å²) < 4.78 is 28.1. The zero-order chi connectivity index (χ0) is 15.5. The number of nitrogens with two attached hydrogens (primary N) is 1. The molecule has 4 nitrogen and oxygen atoms in total. The van der Waals surface area contributed by atoms with Crippen molar-refractivity contribution in [1.82, 2.24) is 0 Å². The summed E-state index contributed by atoms with van der Waals surface area (Å²) in [5.74, 6) is 0.766. The molecule has 0 heterocycles. The Morgan fingerprint density at radius 3 is 2.33 bits per heavy atom. The highest BCUT2D eigenvalue weighted by Crippen LogP contribution is 2.33. The second-order valence-corrected chi connectivity index (χ2v) is 7.65. The highest BCUT2D eigenvalue weighted by Gasteiger charge is 2.09. The highest BCUT2D eigenvalue weighted by atomic mass is 32.2. The number of rotatable bonds is 5. The van der Waals surface area contributed by atoms with E-state index < -0.39 is 9.84 Å². The molecule has 0 atom stereocenters. The van der Waals surface area contributed by atoms with Gasteiger partial charge < -0.3 is 10.5 Å².